The van der Waals surface area contributed by atoms with E-state index in [1.54, 1.807) is 12.4 Å². The molecule has 3 aliphatic heterocycles. The third-order valence-corrected chi connectivity index (χ3v) is 5.85. The van der Waals surface area contributed by atoms with Gasteiger partial charge in [0.1, 0.15) is 6.54 Å². The largest absolute Gasteiger partial charge is 0.381 e. The number of piperidine rings is 1. The highest BCUT2D eigenvalue weighted by molar-refractivity contribution is 5.86. The first-order valence-electron chi connectivity index (χ1n) is 9.19. The third-order valence-electron chi connectivity index (χ3n) is 5.85. The molecule has 3 aliphatic rings. The lowest BCUT2D eigenvalue weighted by Crippen LogP contribution is -2.55. The summed E-state index contributed by atoms with van der Waals surface area (Å²) < 4.78 is 5.44. The van der Waals surface area contributed by atoms with E-state index in [2.05, 4.69) is 15.1 Å². The molecule has 8 heteroatoms. The average molecular weight is 347 g/mol. The molecule has 4 rings (SSSR count). The standard InChI is InChI=1S/C17H25N5O3/c23-15(12-22-18-6-7-19-22)20-9-5-17(13-20)4-1-8-21(16(17)24)14-2-10-25-11-3-14/h6-7,14H,1-5,8-13H2/t17-/m1/s1. The van der Waals surface area contributed by atoms with Crippen molar-refractivity contribution in [2.24, 2.45) is 5.41 Å². The summed E-state index contributed by atoms with van der Waals surface area (Å²) in [5.41, 5.74) is -0.385. The second kappa shape index (κ2) is 6.74. The van der Waals surface area contributed by atoms with Crippen LogP contribution in [0.5, 0.6) is 0 Å². The van der Waals surface area contributed by atoms with Crippen molar-refractivity contribution in [2.75, 3.05) is 32.8 Å². The van der Waals surface area contributed by atoms with Gasteiger partial charge in [0, 0.05) is 38.9 Å². The number of carbonyl (C=O) groups excluding carboxylic acids is 2. The summed E-state index contributed by atoms with van der Waals surface area (Å²) >= 11 is 0. The van der Waals surface area contributed by atoms with E-state index >= 15 is 0 Å². The molecule has 1 aromatic heterocycles. The van der Waals surface area contributed by atoms with Crippen molar-refractivity contribution in [1.29, 1.82) is 0 Å². The molecule has 0 N–H and O–H groups in total. The Morgan fingerprint density at radius 1 is 1.20 bits per heavy atom. The Hall–Kier alpha value is -1.96. The highest BCUT2D eigenvalue weighted by Crippen LogP contribution is 2.41. The van der Waals surface area contributed by atoms with Crippen molar-refractivity contribution >= 4 is 11.8 Å². The second-order valence-corrected chi connectivity index (χ2v) is 7.35. The van der Waals surface area contributed by atoms with E-state index in [4.69, 9.17) is 4.74 Å². The zero-order valence-corrected chi connectivity index (χ0v) is 14.5. The minimum absolute atomic E-state index is 0.0101. The summed E-state index contributed by atoms with van der Waals surface area (Å²) in [4.78, 5) is 31.0. The smallest absolute Gasteiger partial charge is 0.246 e. The third kappa shape index (κ3) is 3.15. The number of rotatable bonds is 3. The van der Waals surface area contributed by atoms with Crippen molar-refractivity contribution in [1.82, 2.24) is 24.8 Å². The molecule has 0 radical (unpaired) electrons. The van der Waals surface area contributed by atoms with Crippen molar-refractivity contribution < 1.29 is 14.3 Å². The first-order valence-corrected chi connectivity index (χ1v) is 9.19. The number of hydrogen-bond donors (Lipinski definition) is 0. The fourth-order valence-electron chi connectivity index (χ4n) is 4.46. The van der Waals surface area contributed by atoms with E-state index in [9.17, 15) is 9.59 Å². The van der Waals surface area contributed by atoms with Gasteiger partial charge in [-0.1, -0.05) is 0 Å². The van der Waals surface area contributed by atoms with Crippen LogP contribution in [0.15, 0.2) is 12.4 Å². The molecule has 0 saturated carbocycles. The average Bonchev–Trinajstić information content (AvgIpc) is 3.29. The number of amides is 2. The molecule has 0 unspecified atom stereocenters. The van der Waals surface area contributed by atoms with Crippen molar-refractivity contribution in [3.05, 3.63) is 12.4 Å². The van der Waals surface area contributed by atoms with Gasteiger partial charge in [0.25, 0.3) is 0 Å². The van der Waals surface area contributed by atoms with Gasteiger partial charge >= 0.3 is 0 Å². The zero-order valence-electron chi connectivity index (χ0n) is 14.5. The summed E-state index contributed by atoms with van der Waals surface area (Å²) in [5.74, 6) is 0.238. The summed E-state index contributed by atoms with van der Waals surface area (Å²) in [7, 11) is 0. The molecule has 1 atom stereocenters. The van der Waals surface area contributed by atoms with Gasteiger partial charge in [-0.05, 0) is 32.1 Å². The van der Waals surface area contributed by atoms with Gasteiger partial charge in [-0.3, -0.25) is 9.59 Å². The van der Waals surface area contributed by atoms with E-state index in [0.29, 0.717) is 19.1 Å². The SMILES string of the molecule is O=C(Cn1nccn1)N1CC[C@]2(CCCN(C3CCOCC3)C2=O)C1. The molecule has 3 fully saturated rings. The first kappa shape index (κ1) is 16.5. The Morgan fingerprint density at radius 3 is 2.72 bits per heavy atom. The van der Waals surface area contributed by atoms with Gasteiger partial charge in [0.15, 0.2) is 0 Å². The Kier molecular flexibility index (Phi) is 4.45. The number of ether oxygens (including phenoxy) is 1. The lowest BCUT2D eigenvalue weighted by molar-refractivity contribution is -0.151. The summed E-state index contributed by atoms with van der Waals surface area (Å²) in [6.07, 6.45) is 7.65. The molecule has 2 amide bonds. The maximum atomic E-state index is 13.3. The molecular formula is C17H25N5O3. The lowest BCUT2D eigenvalue weighted by Gasteiger charge is -2.44. The zero-order chi connectivity index (χ0) is 17.3. The minimum Gasteiger partial charge on any atom is -0.381 e. The van der Waals surface area contributed by atoms with E-state index in [1.807, 2.05) is 4.90 Å². The van der Waals surface area contributed by atoms with Gasteiger partial charge in [0.05, 0.1) is 17.8 Å². The van der Waals surface area contributed by atoms with Crippen LogP contribution >= 0.6 is 0 Å². The van der Waals surface area contributed by atoms with Gasteiger partial charge in [-0.2, -0.15) is 15.0 Å². The number of hydrogen-bond acceptors (Lipinski definition) is 5. The predicted molar refractivity (Wildman–Crippen MR) is 88.4 cm³/mol. The van der Waals surface area contributed by atoms with Gasteiger partial charge < -0.3 is 14.5 Å². The van der Waals surface area contributed by atoms with Crippen LogP contribution in [0, 0.1) is 5.41 Å². The van der Waals surface area contributed by atoms with Crippen LogP contribution in [-0.4, -0.2) is 75.5 Å². The van der Waals surface area contributed by atoms with Crippen molar-refractivity contribution in [3.63, 3.8) is 0 Å². The highest BCUT2D eigenvalue weighted by atomic mass is 16.5. The summed E-state index contributed by atoms with van der Waals surface area (Å²) in [6, 6.07) is 0.302. The Bertz CT molecular complexity index is 628. The van der Waals surface area contributed by atoms with E-state index in [0.717, 1.165) is 51.9 Å². The van der Waals surface area contributed by atoms with Crippen LogP contribution in [0.25, 0.3) is 0 Å². The summed E-state index contributed by atoms with van der Waals surface area (Å²) in [6.45, 7) is 3.64. The molecule has 0 bridgehead atoms. The van der Waals surface area contributed by atoms with Crippen molar-refractivity contribution in [3.8, 4) is 0 Å². The molecule has 0 aliphatic carbocycles. The van der Waals surface area contributed by atoms with Gasteiger partial charge in [0.2, 0.25) is 11.8 Å². The van der Waals surface area contributed by atoms with Gasteiger partial charge in [-0.15, -0.1) is 0 Å². The molecular weight excluding hydrogens is 322 g/mol. The van der Waals surface area contributed by atoms with Crippen LogP contribution in [0.3, 0.4) is 0 Å². The molecule has 8 nitrogen and oxygen atoms in total. The maximum absolute atomic E-state index is 13.3. The molecule has 136 valence electrons. The number of likely N-dealkylation sites (tertiary alicyclic amines) is 2. The number of aromatic nitrogens is 3. The quantitative estimate of drug-likeness (QED) is 0.785. The van der Waals surface area contributed by atoms with Gasteiger partial charge in [-0.25, -0.2) is 0 Å². The maximum Gasteiger partial charge on any atom is 0.246 e. The fraction of sp³-hybridized carbons (Fsp3) is 0.765. The van der Waals surface area contributed by atoms with Crippen molar-refractivity contribution in [2.45, 2.75) is 44.7 Å². The topological polar surface area (TPSA) is 80.6 Å². The van der Waals surface area contributed by atoms with Crippen LogP contribution in [0.2, 0.25) is 0 Å². The second-order valence-electron chi connectivity index (χ2n) is 7.35. The highest BCUT2D eigenvalue weighted by Gasteiger charge is 2.50. The van der Waals surface area contributed by atoms with Crippen LogP contribution in [0.4, 0.5) is 0 Å². The molecule has 4 heterocycles. The van der Waals surface area contributed by atoms with Crippen LogP contribution < -0.4 is 0 Å². The monoisotopic (exact) mass is 347 g/mol. The molecule has 3 saturated heterocycles. The molecule has 25 heavy (non-hydrogen) atoms. The number of carbonyl (C=O) groups is 2. The first-order chi connectivity index (χ1) is 12.2. The minimum atomic E-state index is -0.385. The van der Waals surface area contributed by atoms with Crippen LogP contribution in [0.1, 0.15) is 32.1 Å². The van der Waals surface area contributed by atoms with E-state index in [-0.39, 0.29) is 23.8 Å². The lowest BCUT2D eigenvalue weighted by atomic mass is 9.77. The molecule has 1 spiro atoms. The predicted octanol–water partition coefficient (Wildman–Crippen LogP) is 0.298. The Morgan fingerprint density at radius 2 is 1.96 bits per heavy atom. The molecule has 1 aromatic rings. The van der Waals surface area contributed by atoms with E-state index < -0.39 is 0 Å². The Labute approximate surface area is 147 Å². The number of nitrogens with zero attached hydrogens (tertiary/aromatic N) is 5. The van der Waals surface area contributed by atoms with Crippen LogP contribution in [-0.2, 0) is 20.9 Å². The summed E-state index contributed by atoms with van der Waals surface area (Å²) in [5, 5.41) is 7.98. The molecule has 0 aromatic carbocycles. The van der Waals surface area contributed by atoms with E-state index in [1.165, 1.54) is 4.80 Å². The normalized spacial score (nSPS) is 28.1. The Balaban J connectivity index is 1.42. The fourth-order valence-corrected chi connectivity index (χ4v) is 4.46.